The van der Waals surface area contributed by atoms with Crippen LogP contribution in [0.2, 0.25) is 0 Å². The summed E-state index contributed by atoms with van der Waals surface area (Å²) < 4.78 is 6.07. The van der Waals surface area contributed by atoms with Gasteiger partial charge in [0, 0.05) is 6.20 Å². The van der Waals surface area contributed by atoms with E-state index in [9.17, 15) is 9.59 Å². The molecule has 0 atom stereocenters. The maximum atomic E-state index is 11.1. The Hall–Kier alpha value is -2.05. The first kappa shape index (κ1) is 11.0. The first-order valence-corrected chi connectivity index (χ1v) is 4.30. The number of aromatic nitrogens is 2. The van der Waals surface area contributed by atoms with Gasteiger partial charge in [-0.3, -0.25) is 14.3 Å². The molecular formula is C8H12N4O3. The van der Waals surface area contributed by atoms with Gasteiger partial charge < -0.3 is 16.2 Å². The Morgan fingerprint density at radius 2 is 2.27 bits per heavy atom. The van der Waals surface area contributed by atoms with E-state index in [1.54, 1.807) is 0 Å². The van der Waals surface area contributed by atoms with E-state index in [0.29, 0.717) is 5.69 Å². The summed E-state index contributed by atoms with van der Waals surface area (Å²) in [5.74, 6) is -0.995. The predicted molar refractivity (Wildman–Crippen MR) is 51.4 cm³/mol. The van der Waals surface area contributed by atoms with Crippen LogP contribution in [0, 0.1) is 0 Å². The van der Waals surface area contributed by atoms with Crippen LogP contribution in [0.1, 0.15) is 6.42 Å². The van der Waals surface area contributed by atoms with E-state index in [4.69, 9.17) is 16.2 Å². The van der Waals surface area contributed by atoms with Gasteiger partial charge in [0.2, 0.25) is 5.91 Å². The lowest BCUT2D eigenvalue weighted by Crippen LogP contribution is -2.18. The molecule has 0 unspecified atom stereocenters. The van der Waals surface area contributed by atoms with Crippen LogP contribution in [0.5, 0.6) is 0 Å². The molecule has 0 aliphatic rings. The fraction of sp³-hybridized carbons (Fsp3) is 0.375. The first-order valence-electron chi connectivity index (χ1n) is 4.30. The molecule has 1 amide bonds. The second kappa shape index (κ2) is 4.99. The molecule has 0 aliphatic heterocycles. The van der Waals surface area contributed by atoms with E-state index in [1.807, 2.05) is 0 Å². The zero-order valence-electron chi connectivity index (χ0n) is 8.05. The van der Waals surface area contributed by atoms with Crippen molar-refractivity contribution in [1.29, 1.82) is 0 Å². The quantitative estimate of drug-likeness (QED) is 0.600. The number of primary amides is 1. The SMILES string of the molecule is NC(=O)CCOC(=O)Cn1cc(N)cn1. The highest BCUT2D eigenvalue weighted by Crippen LogP contribution is 1.98. The second-order valence-electron chi connectivity index (χ2n) is 2.91. The molecule has 15 heavy (non-hydrogen) atoms. The van der Waals surface area contributed by atoms with Crippen molar-refractivity contribution in [1.82, 2.24) is 9.78 Å². The summed E-state index contributed by atoms with van der Waals surface area (Å²) in [6.45, 7) is -0.0408. The largest absolute Gasteiger partial charge is 0.464 e. The number of carbonyl (C=O) groups excluding carboxylic acids is 2. The minimum absolute atomic E-state index is 0.00901. The predicted octanol–water partition coefficient (Wildman–Crippen LogP) is -1.12. The molecule has 0 fully saturated rings. The van der Waals surface area contributed by atoms with Gasteiger partial charge in [-0.1, -0.05) is 0 Å². The van der Waals surface area contributed by atoms with Crippen molar-refractivity contribution in [3.8, 4) is 0 Å². The molecule has 0 spiro atoms. The molecule has 0 aromatic carbocycles. The van der Waals surface area contributed by atoms with Gasteiger partial charge in [-0.25, -0.2) is 0 Å². The van der Waals surface area contributed by atoms with Crippen LogP contribution in [0.3, 0.4) is 0 Å². The van der Waals surface area contributed by atoms with E-state index < -0.39 is 11.9 Å². The zero-order valence-corrected chi connectivity index (χ0v) is 8.05. The van der Waals surface area contributed by atoms with E-state index in [0.717, 1.165) is 0 Å². The molecule has 0 bridgehead atoms. The van der Waals surface area contributed by atoms with E-state index >= 15 is 0 Å². The monoisotopic (exact) mass is 212 g/mol. The van der Waals surface area contributed by atoms with Crippen molar-refractivity contribution >= 4 is 17.6 Å². The fourth-order valence-electron chi connectivity index (χ4n) is 0.909. The fourth-order valence-corrected chi connectivity index (χ4v) is 0.909. The van der Waals surface area contributed by atoms with Crippen LogP contribution in [0.25, 0.3) is 0 Å². The van der Waals surface area contributed by atoms with Gasteiger partial charge in [0.1, 0.15) is 13.2 Å². The van der Waals surface area contributed by atoms with E-state index in [2.05, 4.69) is 5.10 Å². The number of anilines is 1. The summed E-state index contributed by atoms with van der Waals surface area (Å²) in [5.41, 5.74) is 10.7. The Morgan fingerprint density at radius 1 is 1.53 bits per heavy atom. The summed E-state index contributed by atoms with van der Waals surface area (Å²) in [7, 11) is 0. The third-order valence-electron chi connectivity index (χ3n) is 1.56. The Morgan fingerprint density at radius 3 is 2.80 bits per heavy atom. The van der Waals surface area contributed by atoms with Crippen molar-refractivity contribution in [3.63, 3.8) is 0 Å². The number of nitrogens with two attached hydrogens (primary N) is 2. The third kappa shape index (κ3) is 4.12. The molecular weight excluding hydrogens is 200 g/mol. The van der Waals surface area contributed by atoms with Crippen LogP contribution >= 0.6 is 0 Å². The first-order chi connectivity index (χ1) is 7.08. The van der Waals surface area contributed by atoms with Crippen molar-refractivity contribution in [2.24, 2.45) is 5.73 Å². The van der Waals surface area contributed by atoms with Crippen LogP contribution in [-0.2, 0) is 20.9 Å². The Labute approximate surface area is 86.0 Å². The number of nitrogens with zero attached hydrogens (tertiary/aromatic N) is 2. The third-order valence-corrected chi connectivity index (χ3v) is 1.56. The second-order valence-corrected chi connectivity index (χ2v) is 2.91. The summed E-state index contributed by atoms with van der Waals surface area (Å²) >= 11 is 0. The number of amides is 1. The summed E-state index contributed by atoms with van der Waals surface area (Å²) in [5, 5.41) is 3.80. The van der Waals surface area contributed by atoms with Crippen molar-refractivity contribution in [3.05, 3.63) is 12.4 Å². The minimum atomic E-state index is -0.508. The highest BCUT2D eigenvalue weighted by atomic mass is 16.5. The number of ether oxygens (including phenoxy) is 1. The Balaban J connectivity index is 2.27. The summed E-state index contributed by atoms with van der Waals surface area (Å²) in [6, 6.07) is 0. The lowest BCUT2D eigenvalue weighted by Gasteiger charge is -2.02. The number of nitrogen functional groups attached to an aromatic ring is 1. The van der Waals surface area contributed by atoms with Crippen molar-refractivity contribution < 1.29 is 14.3 Å². The van der Waals surface area contributed by atoms with Crippen molar-refractivity contribution in [2.75, 3.05) is 12.3 Å². The van der Waals surface area contributed by atoms with Gasteiger partial charge in [-0.2, -0.15) is 5.10 Å². The van der Waals surface area contributed by atoms with Crippen LogP contribution < -0.4 is 11.5 Å². The van der Waals surface area contributed by atoms with Gasteiger partial charge >= 0.3 is 5.97 Å². The van der Waals surface area contributed by atoms with E-state index in [-0.39, 0.29) is 19.6 Å². The summed E-state index contributed by atoms with van der Waals surface area (Å²) in [4.78, 5) is 21.5. The Kier molecular flexibility index (Phi) is 3.67. The van der Waals surface area contributed by atoms with Crippen LogP contribution in [0.15, 0.2) is 12.4 Å². The maximum absolute atomic E-state index is 11.1. The number of hydrogen-bond donors (Lipinski definition) is 2. The normalized spacial score (nSPS) is 9.87. The molecule has 1 rings (SSSR count). The molecule has 0 saturated carbocycles. The van der Waals surface area contributed by atoms with Gasteiger partial charge in [0.15, 0.2) is 0 Å². The molecule has 0 radical (unpaired) electrons. The molecule has 7 nitrogen and oxygen atoms in total. The number of esters is 1. The molecule has 4 N–H and O–H groups in total. The van der Waals surface area contributed by atoms with Crippen LogP contribution in [0.4, 0.5) is 5.69 Å². The minimum Gasteiger partial charge on any atom is -0.464 e. The van der Waals surface area contributed by atoms with E-state index in [1.165, 1.54) is 17.1 Å². The number of hydrogen-bond acceptors (Lipinski definition) is 5. The lowest BCUT2D eigenvalue weighted by atomic mass is 10.4. The molecule has 1 aromatic rings. The van der Waals surface area contributed by atoms with Gasteiger partial charge in [-0.15, -0.1) is 0 Å². The van der Waals surface area contributed by atoms with Gasteiger partial charge in [-0.05, 0) is 0 Å². The Bertz CT molecular complexity index is 361. The average molecular weight is 212 g/mol. The van der Waals surface area contributed by atoms with Gasteiger partial charge in [0.05, 0.1) is 18.3 Å². The topological polar surface area (TPSA) is 113 Å². The summed E-state index contributed by atoms with van der Waals surface area (Å²) in [6.07, 6.45) is 2.96. The number of rotatable bonds is 5. The molecule has 0 aliphatic carbocycles. The maximum Gasteiger partial charge on any atom is 0.327 e. The molecule has 82 valence electrons. The lowest BCUT2D eigenvalue weighted by molar-refractivity contribution is -0.145. The van der Waals surface area contributed by atoms with Crippen molar-refractivity contribution in [2.45, 2.75) is 13.0 Å². The van der Waals surface area contributed by atoms with Crippen LogP contribution in [-0.4, -0.2) is 28.3 Å². The molecule has 7 heteroatoms. The average Bonchev–Trinajstić information content (AvgIpc) is 2.50. The molecule has 1 aromatic heterocycles. The van der Waals surface area contributed by atoms with Gasteiger partial charge in [0.25, 0.3) is 0 Å². The zero-order chi connectivity index (χ0) is 11.3. The highest BCUT2D eigenvalue weighted by Gasteiger charge is 2.05. The smallest absolute Gasteiger partial charge is 0.327 e. The molecule has 0 saturated heterocycles. The highest BCUT2D eigenvalue weighted by molar-refractivity contribution is 5.74. The standard InChI is InChI=1S/C8H12N4O3/c9-6-3-11-12(4-6)5-8(14)15-2-1-7(10)13/h3-4H,1-2,5,9H2,(H2,10,13). The number of carbonyl (C=O) groups is 2. The molecule has 1 heterocycles.